The Morgan fingerprint density at radius 3 is 2.64 bits per heavy atom. The van der Waals surface area contributed by atoms with Gasteiger partial charge in [0.15, 0.2) is 5.69 Å². The Hall–Kier alpha value is -2.64. The fraction of sp³-hybridized carbons (Fsp3) is 0.429. The third-order valence-electron chi connectivity index (χ3n) is 3.52. The first-order valence-electron chi connectivity index (χ1n) is 6.88. The summed E-state index contributed by atoms with van der Waals surface area (Å²) in [6, 6.07) is 0. The number of carbonyl (C=O) groups excluding carboxylic acids is 1. The first kappa shape index (κ1) is 15.7. The van der Waals surface area contributed by atoms with Crippen molar-refractivity contribution in [3.63, 3.8) is 0 Å². The molecule has 2 rings (SSSR count). The van der Waals surface area contributed by atoms with Crippen molar-refractivity contribution in [3.8, 4) is 0 Å². The molecule has 8 nitrogen and oxygen atoms in total. The van der Waals surface area contributed by atoms with Crippen molar-refractivity contribution in [2.24, 2.45) is 7.05 Å². The van der Waals surface area contributed by atoms with Crippen LogP contribution >= 0.6 is 0 Å². The molecule has 118 valence electrons. The molecule has 22 heavy (non-hydrogen) atoms. The number of aromatic carboxylic acids is 1. The van der Waals surface area contributed by atoms with Gasteiger partial charge in [0.05, 0.1) is 11.8 Å². The quantitative estimate of drug-likeness (QED) is 0.886. The fourth-order valence-electron chi connectivity index (χ4n) is 2.30. The second-order valence-corrected chi connectivity index (χ2v) is 5.10. The molecule has 0 bridgehead atoms. The van der Waals surface area contributed by atoms with Crippen LogP contribution in [0.25, 0.3) is 0 Å². The Kier molecular flexibility index (Phi) is 4.30. The van der Waals surface area contributed by atoms with Crippen molar-refractivity contribution in [1.82, 2.24) is 24.5 Å². The van der Waals surface area contributed by atoms with Crippen molar-refractivity contribution >= 4 is 11.9 Å². The van der Waals surface area contributed by atoms with Crippen molar-refractivity contribution in [3.05, 3.63) is 34.9 Å². The number of carboxylic acid groups (broad SMARTS) is 1. The summed E-state index contributed by atoms with van der Waals surface area (Å²) < 4.78 is 3.17. The number of aromatic nitrogens is 4. The lowest BCUT2D eigenvalue weighted by molar-refractivity contribution is 0.0674. The summed E-state index contributed by atoms with van der Waals surface area (Å²) in [5, 5.41) is 17.2. The van der Waals surface area contributed by atoms with E-state index in [0.29, 0.717) is 6.54 Å². The summed E-state index contributed by atoms with van der Waals surface area (Å²) in [6.07, 6.45) is 3.15. The summed E-state index contributed by atoms with van der Waals surface area (Å²) in [7, 11) is 3.21. The molecule has 2 aromatic rings. The van der Waals surface area contributed by atoms with Gasteiger partial charge in [-0.3, -0.25) is 14.2 Å². The molecule has 0 aliphatic rings. The van der Waals surface area contributed by atoms with Crippen molar-refractivity contribution in [1.29, 1.82) is 0 Å². The highest BCUT2D eigenvalue weighted by atomic mass is 16.4. The van der Waals surface area contributed by atoms with Crippen LogP contribution in [0.5, 0.6) is 0 Å². The SMILES string of the molecule is CCn1ncc(CN(C)C(=O)c2cn(C)nc2C(=O)O)c1C. The Balaban J connectivity index is 2.22. The summed E-state index contributed by atoms with van der Waals surface area (Å²) in [4.78, 5) is 25.1. The topological polar surface area (TPSA) is 93.3 Å². The van der Waals surface area contributed by atoms with E-state index in [9.17, 15) is 9.59 Å². The molecule has 2 heterocycles. The summed E-state index contributed by atoms with van der Waals surface area (Å²) in [5.74, 6) is -1.60. The summed E-state index contributed by atoms with van der Waals surface area (Å²) in [6.45, 7) is 5.05. The van der Waals surface area contributed by atoms with Gasteiger partial charge in [-0.2, -0.15) is 10.2 Å². The largest absolute Gasteiger partial charge is 0.476 e. The Morgan fingerprint density at radius 2 is 2.09 bits per heavy atom. The molecule has 0 aliphatic heterocycles. The Labute approximate surface area is 127 Å². The van der Waals surface area contributed by atoms with Gasteiger partial charge in [-0.1, -0.05) is 0 Å². The van der Waals surface area contributed by atoms with Gasteiger partial charge in [0.25, 0.3) is 5.91 Å². The molecule has 0 radical (unpaired) electrons. The van der Waals surface area contributed by atoms with E-state index in [-0.39, 0.29) is 17.2 Å². The van der Waals surface area contributed by atoms with Crippen LogP contribution in [-0.2, 0) is 20.1 Å². The van der Waals surface area contributed by atoms with E-state index in [4.69, 9.17) is 5.11 Å². The Morgan fingerprint density at radius 1 is 1.41 bits per heavy atom. The number of rotatable bonds is 5. The first-order valence-corrected chi connectivity index (χ1v) is 6.88. The second-order valence-electron chi connectivity index (χ2n) is 5.10. The zero-order valence-corrected chi connectivity index (χ0v) is 13.1. The standard InChI is InChI=1S/C14H19N5O3/c1-5-19-9(2)10(6-15-19)7-17(3)13(20)11-8-18(4)16-12(11)14(21)22/h6,8H,5,7H2,1-4H3,(H,21,22). The van der Waals surface area contributed by atoms with Gasteiger partial charge >= 0.3 is 5.97 Å². The third kappa shape index (κ3) is 2.85. The van der Waals surface area contributed by atoms with E-state index < -0.39 is 5.97 Å². The third-order valence-corrected chi connectivity index (χ3v) is 3.52. The predicted molar refractivity (Wildman–Crippen MR) is 78.6 cm³/mol. The zero-order valence-electron chi connectivity index (χ0n) is 13.1. The second kappa shape index (κ2) is 6.00. The van der Waals surface area contributed by atoms with Crippen LogP contribution in [0.4, 0.5) is 0 Å². The van der Waals surface area contributed by atoms with Gasteiger partial charge in [0.2, 0.25) is 0 Å². The van der Waals surface area contributed by atoms with E-state index in [1.807, 2.05) is 18.5 Å². The van der Waals surface area contributed by atoms with Crippen LogP contribution in [-0.4, -0.2) is 48.5 Å². The van der Waals surface area contributed by atoms with E-state index in [2.05, 4.69) is 10.2 Å². The molecule has 1 amide bonds. The zero-order chi connectivity index (χ0) is 16.4. The molecule has 0 aromatic carbocycles. The fourth-order valence-corrected chi connectivity index (χ4v) is 2.30. The lowest BCUT2D eigenvalue weighted by Crippen LogP contribution is -2.27. The minimum Gasteiger partial charge on any atom is -0.476 e. The molecule has 0 spiro atoms. The molecule has 0 atom stereocenters. The molecule has 0 saturated carbocycles. The number of hydrogen-bond acceptors (Lipinski definition) is 4. The molecule has 2 aromatic heterocycles. The van der Waals surface area contributed by atoms with Crippen LogP contribution in [0.2, 0.25) is 0 Å². The number of nitrogens with zero attached hydrogens (tertiary/aromatic N) is 5. The minimum absolute atomic E-state index is 0.0815. The van der Waals surface area contributed by atoms with Crippen LogP contribution in [0.15, 0.2) is 12.4 Å². The number of carboxylic acids is 1. The molecular formula is C14H19N5O3. The molecular weight excluding hydrogens is 286 g/mol. The lowest BCUT2D eigenvalue weighted by atomic mass is 10.2. The maximum absolute atomic E-state index is 12.5. The van der Waals surface area contributed by atoms with Gasteiger partial charge in [-0.05, 0) is 13.8 Å². The van der Waals surface area contributed by atoms with Crippen LogP contribution in [0, 0.1) is 6.92 Å². The number of amides is 1. The van der Waals surface area contributed by atoms with Gasteiger partial charge in [-0.25, -0.2) is 4.79 Å². The van der Waals surface area contributed by atoms with Gasteiger partial charge in [0.1, 0.15) is 0 Å². The Bertz CT molecular complexity index is 716. The molecule has 0 saturated heterocycles. The number of hydrogen-bond donors (Lipinski definition) is 1. The van der Waals surface area contributed by atoms with E-state index in [0.717, 1.165) is 17.8 Å². The smallest absolute Gasteiger partial charge is 0.357 e. The van der Waals surface area contributed by atoms with Crippen molar-refractivity contribution in [2.75, 3.05) is 7.05 Å². The highest BCUT2D eigenvalue weighted by molar-refractivity contribution is 6.03. The first-order chi connectivity index (χ1) is 10.3. The maximum Gasteiger partial charge on any atom is 0.357 e. The highest BCUT2D eigenvalue weighted by Crippen LogP contribution is 2.14. The van der Waals surface area contributed by atoms with Crippen LogP contribution in [0.1, 0.15) is 39.0 Å². The average molecular weight is 305 g/mol. The van der Waals surface area contributed by atoms with E-state index >= 15 is 0 Å². The molecule has 8 heteroatoms. The lowest BCUT2D eigenvalue weighted by Gasteiger charge is -2.16. The van der Waals surface area contributed by atoms with Crippen molar-refractivity contribution < 1.29 is 14.7 Å². The van der Waals surface area contributed by atoms with E-state index in [1.165, 1.54) is 15.8 Å². The van der Waals surface area contributed by atoms with Gasteiger partial charge < -0.3 is 10.0 Å². The minimum atomic E-state index is -1.22. The highest BCUT2D eigenvalue weighted by Gasteiger charge is 2.24. The van der Waals surface area contributed by atoms with Gasteiger partial charge in [-0.15, -0.1) is 0 Å². The average Bonchev–Trinajstić information content (AvgIpc) is 3.02. The normalized spacial score (nSPS) is 10.7. The van der Waals surface area contributed by atoms with Crippen LogP contribution < -0.4 is 0 Å². The van der Waals surface area contributed by atoms with E-state index in [1.54, 1.807) is 20.3 Å². The molecule has 0 aliphatic carbocycles. The molecule has 0 fully saturated rings. The van der Waals surface area contributed by atoms with Crippen LogP contribution in [0.3, 0.4) is 0 Å². The molecule has 0 unspecified atom stereocenters. The monoisotopic (exact) mass is 305 g/mol. The maximum atomic E-state index is 12.5. The van der Waals surface area contributed by atoms with Crippen molar-refractivity contribution in [2.45, 2.75) is 26.9 Å². The predicted octanol–water partition coefficient (Wildman–Crippen LogP) is 0.915. The molecule has 1 N–H and O–H groups in total. The number of aryl methyl sites for hydroxylation is 2. The number of carbonyl (C=O) groups is 2. The summed E-state index contributed by atoms with van der Waals surface area (Å²) >= 11 is 0. The van der Waals surface area contributed by atoms with Gasteiger partial charge in [0, 0.05) is 44.6 Å². The summed E-state index contributed by atoms with van der Waals surface area (Å²) in [5.41, 5.74) is 1.77.